The minimum atomic E-state index is -0.489. The molecule has 0 saturated carbocycles. The Balaban J connectivity index is 1.25. The Bertz CT molecular complexity index is 817. The second-order valence-electron chi connectivity index (χ2n) is 7.06. The van der Waals surface area contributed by atoms with Gasteiger partial charge >= 0.3 is 0 Å². The van der Waals surface area contributed by atoms with E-state index in [0.717, 1.165) is 22.1 Å². The average molecular weight is 401 g/mol. The summed E-state index contributed by atoms with van der Waals surface area (Å²) in [4.78, 5) is 19.7. The van der Waals surface area contributed by atoms with Crippen molar-refractivity contribution in [2.75, 3.05) is 32.1 Å². The topological polar surface area (TPSA) is 71.9 Å². The molecule has 1 saturated heterocycles. The molecule has 1 fully saturated rings. The molecule has 0 unspecified atom stereocenters. The van der Waals surface area contributed by atoms with Crippen LogP contribution in [0.15, 0.2) is 47.5 Å². The van der Waals surface area contributed by atoms with Crippen LogP contribution >= 0.6 is 11.8 Å². The highest BCUT2D eigenvalue weighted by Gasteiger charge is 2.33. The van der Waals surface area contributed by atoms with Gasteiger partial charge in [0.2, 0.25) is 5.91 Å². The number of likely N-dealkylation sites (tertiary alicyclic amines) is 1. The van der Waals surface area contributed by atoms with Crippen LogP contribution in [0.25, 0.3) is 0 Å². The van der Waals surface area contributed by atoms with Crippen molar-refractivity contribution in [2.45, 2.75) is 23.8 Å². The zero-order valence-electron chi connectivity index (χ0n) is 15.6. The van der Waals surface area contributed by atoms with Gasteiger partial charge in [-0.3, -0.25) is 9.78 Å². The van der Waals surface area contributed by atoms with Crippen molar-refractivity contribution < 1.29 is 19.4 Å². The van der Waals surface area contributed by atoms with Gasteiger partial charge in [-0.15, -0.1) is 11.8 Å². The molecular weight excluding hydrogens is 376 g/mol. The molecule has 1 aromatic heterocycles. The van der Waals surface area contributed by atoms with E-state index >= 15 is 0 Å². The van der Waals surface area contributed by atoms with Crippen LogP contribution in [0.4, 0.5) is 0 Å². The predicted octanol–water partition coefficient (Wildman–Crippen LogP) is 2.40. The van der Waals surface area contributed by atoms with E-state index in [1.807, 2.05) is 36.4 Å². The number of fused-ring (bicyclic) bond motifs is 1. The number of carbonyl (C=O) groups is 1. The Morgan fingerprint density at radius 1 is 1.18 bits per heavy atom. The van der Waals surface area contributed by atoms with Crippen molar-refractivity contribution in [3.8, 4) is 11.5 Å². The maximum Gasteiger partial charge on any atom is 0.223 e. The number of thioether (sulfide) groups is 1. The van der Waals surface area contributed by atoms with E-state index in [2.05, 4.69) is 4.98 Å². The zero-order valence-corrected chi connectivity index (χ0v) is 16.4. The first-order chi connectivity index (χ1) is 13.7. The van der Waals surface area contributed by atoms with Crippen molar-refractivity contribution in [1.29, 1.82) is 0 Å². The van der Waals surface area contributed by atoms with Crippen LogP contribution in [-0.2, 0) is 11.2 Å². The lowest BCUT2D eigenvalue weighted by molar-refractivity contribution is -0.130. The number of benzene rings is 1. The quantitative estimate of drug-likeness (QED) is 0.751. The molecule has 0 aliphatic carbocycles. The molecule has 0 bridgehead atoms. The van der Waals surface area contributed by atoms with Crippen LogP contribution in [0.5, 0.6) is 11.5 Å². The summed E-state index contributed by atoms with van der Waals surface area (Å²) in [7, 11) is 0. The van der Waals surface area contributed by atoms with Crippen molar-refractivity contribution >= 4 is 17.7 Å². The highest BCUT2D eigenvalue weighted by molar-refractivity contribution is 7.99. The third-order valence-electron chi connectivity index (χ3n) is 5.05. The highest BCUT2D eigenvalue weighted by Crippen LogP contribution is 2.34. The van der Waals surface area contributed by atoms with Crippen LogP contribution in [0.1, 0.15) is 12.1 Å². The van der Waals surface area contributed by atoms with Gasteiger partial charge in [-0.25, -0.2) is 0 Å². The normalized spacial score (nSPS) is 21.0. The van der Waals surface area contributed by atoms with Crippen LogP contribution in [-0.4, -0.2) is 59.1 Å². The van der Waals surface area contributed by atoms with Gasteiger partial charge in [-0.05, 0) is 36.8 Å². The summed E-state index contributed by atoms with van der Waals surface area (Å²) in [6.45, 7) is 2.14. The summed E-state index contributed by atoms with van der Waals surface area (Å²) in [5.74, 6) is 2.37. The lowest BCUT2D eigenvalue weighted by Gasteiger charge is -2.19. The van der Waals surface area contributed by atoms with Crippen LogP contribution in [0, 0.1) is 5.92 Å². The Morgan fingerprint density at radius 3 is 2.86 bits per heavy atom. The molecule has 0 radical (unpaired) electrons. The summed E-state index contributed by atoms with van der Waals surface area (Å²) in [6, 6.07) is 11.7. The molecule has 148 valence electrons. The van der Waals surface area contributed by atoms with E-state index in [1.54, 1.807) is 22.9 Å². The SMILES string of the molecule is O=C(CCSc1ccc2c(c1)OCCO2)N1C[C@@H](Cc2ccccn2)[C@H](O)C1. The van der Waals surface area contributed by atoms with Gasteiger partial charge in [0, 0.05) is 48.0 Å². The molecule has 2 aliphatic heterocycles. The Kier molecular flexibility index (Phi) is 6.02. The first kappa shape index (κ1) is 19.1. The van der Waals surface area contributed by atoms with E-state index in [9.17, 15) is 9.90 Å². The summed E-state index contributed by atoms with van der Waals surface area (Å²) < 4.78 is 11.1. The van der Waals surface area contributed by atoms with E-state index in [0.29, 0.717) is 44.9 Å². The fourth-order valence-electron chi connectivity index (χ4n) is 3.57. The van der Waals surface area contributed by atoms with Gasteiger partial charge in [0.25, 0.3) is 0 Å². The molecule has 4 rings (SSSR count). The fourth-order valence-corrected chi connectivity index (χ4v) is 4.44. The Hall–Kier alpha value is -2.25. The number of β-amino-alcohol motifs (C(OH)–C–C–N with tert-alkyl or cyclic N) is 1. The van der Waals surface area contributed by atoms with Crippen molar-refractivity contribution in [1.82, 2.24) is 9.88 Å². The number of rotatable bonds is 6. The molecule has 1 aromatic carbocycles. The monoisotopic (exact) mass is 400 g/mol. The number of aliphatic hydroxyl groups excluding tert-OH is 1. The Morgan fingerprint density at radius 2 is 2.04 bits per heavy atom. The molecule has 3 heterocycles. The van der Waals surface area contributed by atoms with Crippen molar-refractivity contribution in [3.05, 3.63) is 48.3 Å². The average Bonchev–Trinajstić information content (AvgIpc) is 3.09. The van der Waals surface area contributed by atoms with Crippen molar-refractivity contribution in [3.63, 3.8) is 0 Å². The van der Waals surface area contributed by atoms with E-state index in [4.69, 9.17) is 9.47 Å². The minimum Gasteiger partial charge on any atom is -0.486 e. The third kappa shape index (κ3) is 4.59. The summed E-state index contributed by atoms with van der Waals surface area (Å²) >= 11 is 1.63. The molecule has 2 aromatic rings. The molecule has 2 atom stereocenters. The number of aliphatic hydroxyl groups is 1. The number of carbonyl (C=O) groups excluding carboxylic acids is 1. The first-order valence-corrected chi connectivity index (χ1v) is 10.6. The number of ether oxygens (including phenoxy) is 2. The molecule has 28 heavy (non-hydrogen) atoms. The molecule has 1 N–H and O–H groups in total. The van der Waals surface area contributed by atoms with Crippen molar-refractivity contribution in [2.24, 2.45) is 5.92 Å². The number of hydrogen-bond acceptors (Lipinski definition) is 6. The predicted molar refractivity (Wildman–Crippen MR) is 107 cm³/mol. The molecule has 0 spiro atoms. The molecule has 1 amide bonds. The molecule has 7 heteroatoms. The van der Waals surface area contributed by atoms with E-state index in [1.165, 1.54) is 0 Å². The van der Waals surface area contributed by atoms with Gasteiger partial charge in [0.15, 0.2) is 11.5 Å². The number of hydrogen-bond donors (Lipinski definition) is 1. The second-order valence-corrected chi connectivity index (χ2v) is 8.22. The number of aromatic nitrogens is 1. The summed E-state index contributed by atoms with van der Waals surface area (Å²) in [6.07, 6.45) is 2.41. The van der Waals surface area contributed by atoms with Gasteiger partial charge in [0.1, 0.15) is 13.2 Å². The second kappa shape index (κ2) is 8.84. The number of nitrogens with zero attached hydrogens (tertiary/aromatic N) is 2. The highest BCUT2D eigenvalue weighted by atomic mass is 32.2. The van der Waals surface area contributed by atoms with Gasteiger partial charge < -0.3 is 19.5 Å². The largest absolute Gasteiger partial charge is 0.486 e. The van der Waals surface area contributed by atoms with Crippen LogP contribution in [0.2, 0.25) is 0 Å². The minimum absolute atomic E-state index is 0.0456. The van der Waals surface area contributed by atoms with E-state index < -0.39 is 6.10 Å². The lowest BCUT2D eigenvalue weighted by Crippen LogP contribution is -2.29. The summed E-state index contributed by atoms with van der Waals surface area (Å²) in [5.41, 5.74) is 0.954. The molecule has 2 aliphatic rings. The van der Waals surface area contributed by atoms with E-state index in [-0.39, 0.29) is 11.8 Å². The lowest BCUT2D eigenvalue weighted by atomic mass is 10.00. The maximum absolute atomic E-state index is 12.6. The molecule has 6 nitrogen and oxygen atoms in total. The number of amides is 1. The maximum atomic E-state index is 12.6. The smallest absolute Gasteiger partial charge is 0.223 e. The molecular formula is C21H24N2O4S. The Labute approximate surface area is 168 Å². The standard InChI is InChI=1S/C21H24N2O4S/c24-18-14-23(13-15(18)11-16-3-1-2-7-22-16)21(25)6-10-28-17-4-5-19-20(12-17)27-9-8-26-19/h1-5,7,12,15,18,24H,6,8-11,13-14H2/t15-,18-/m1/s1. The fraction of sp³-hybridized carbons (Fsp3) is 0.429. The van der Waals surface area contributed by atoms with Gasteiger partial charge in [-0.2, -0.15) is 0 Å². The van der Waals surface area contributed by atoms with Crippen LogP contribution in [0.3, 0.4) is 0 Å². The zero-order chi connectivity index (χ0) is 19.3. The van der Waals surface area contributed by atoms with Gasteiger partial charge in [-0.1, -0.05) is 6.07 Å². The third-order valence-corrected chi connectivity index (χ3v) is 6.05. The van der Waals surface area contributed by atoms with Gasteiger partial charge in [0.05, 0.1) is 6.10 Å². The number of pyridine rings is 1. The first-order valence-electron chi connectivity index (χ1n) is 9.57. The summed E-state index contributed by atoms with van der Waals surface area (Å²) in [5, 5.41) is 10.3. The van der Waals surface area contributed by atoms with Crippen LogP contribution < -0.4 is 9.47 Å².